The van der Waals surface area contributed by atoms with E-state index in [4.69, 9.17) is 0 Å². The lowest BCUT2D eigenvalue weighted by atomic mass is 10.1. The number of benzene rings is 1. The van der Waals surface area contributed by atoms with Crippen molar-refractivity contribution in [3.63, 3.8) is 0 Å². The normalized spacial score (nSPS) is 15.2. The molecular formula is C18H19N3OS2. The number of nitrogens with one attached hydrogen (secondary N) is 1. The summed E-state index contributed by atoms with van der Waals surface area (Å²) in [5.74, 6) is 0.631. The maximum absolute atomic E-state index is 12.1. The van der Waals surface area contributed by atoms with Gasteiger partial charge in [-0.3, -0.25) is 9.20 Å². The third-order valence-corrected chi connectivity index (χ3v) is 6.45. The van der Waals surface area contributed by atoms with Crippen LogP contribution in [0.25, 0.3) is 16.2 Å². The Labute approximate surface area is 149 Å². The molecule has 0 aliphatic heterocycles. The SMILES string of the molecule is O=C(CSC1CCCC1)Nc1ccc(-c2cn3ccsc3n2)cc1. The van der Waals surface area contributed by atoms with Gasteiger partial charge in [0, 0.05) is 34.3 Å². The lowest BCUT2D eigenvalue weighted by Gasteiger charge is -2.09. The van der Waals surface area contributed by atoms with Gasteiger partial charge in [-0.1, -0.05) is 25.0 Å². The van der Waals surface area contributed by atoms with Crippen LogP contribution >= 0.6 is 23.1 Å². The molecule has 1 aromatic carbocycles. The number of fused-ring (bicyclic) bond motifs is 1. The minimum absolute atomic E-state index is 0.0853. The van der Waals surface area contributed by atoms with Gasteiger partial charge in [0.25, 0.3) is 0 Å². The van der Waals surface area contributed by atoms with Crippen molar-refractivity contribution in [2.24, 2.45) is 0 Å². The zero-order valence-electron chi connectivity index (χ0n) is 13.3. The van der Waals surface area contributed by atoms with Crippen LogP contribution in [0.1, 0.15) is 25.7 Å². The van der Waals surface area contributed by atoms with Gasteiger partial charge in [-0.2, -0.15) is 0 Å². The van der Waals surface area contributed by atoms with Crippen molar-refractivity contribution < 1.29 is 4.79 Å². The second kappa shape index (κ2) is 6.99. The minimum atomic E-state index is 0.0853. The molecule has 4 nitrogen and oxygen atoms in total. The van der Waals surface area contributed by atoms with E-state index in [1.165, 1.54) is 25.7 Å². The molecule has 1 amide bonds. The second-order valence-electron chi connectivity index (χ2n) is 6.06. The van der Waals surface area contributed by atoms with Crippen molar-refractivity contribution in [1.29, 1.82) is 0 Å². The summed E-state index contributed by atoms with van der Waals surface area (Å²) in [5.41, 5.74) is 2.86. The molecule has 1 saturated carbocycles. The Morgan fingerprint density at radius 1 is 1.29 bits per heavy atom. The summed E-state index contributed by atoms with van der Waals surface area (Å²) in [5, 5.41) is 5.68. The van der Waals surface area contributed by atoms with Gasteiger partial charge in [-0.05, 0) is 25.0 Å². The number of carbonyl (C=O) groups is 1. The van der Waals surface area contributed by atoms with E-state index in [0.717, 1.165) is 21.9 Å². The maximum Gasteiger partial charge on any atom is 0.234 e. The summed E-state index contributed by atoms with van der Waals surface area (Å²) in [6, 6.07) is 7.90. The lowest BCUT2D eigenvalue weighted by Crippen LogP contribution is -2.15. The molecule has 0 atom stereocenters. The molecule has 0 spiro atoms. The van der Waals surface area contributed by atoms with Crippen LogP contribution in [0.2, 0.25) is 0 Å². The summed E-state index contributed by atoms with van der Waals surface area (Å²) >= 11 is 3.41. The zero-order chi connectivity index (χ0) is 16.4. The number of hydrogen-bond acceptors (Lipinski definition) is 4. The highest BCUT2D eigenvalue weighted by atomic mass is 32.2. The topological polar surface area (TPSA) is 46.4 Å². The largest absolute Gasteiger partial charge is 0.325 e. The van der Waals surface area contributed by atoms with E-state index in [-0.39, 0.29) is 5.91 Å². The molecule has 4 rings (SSSR count). The average Bonchev–Trinajstić information content (AvgIpc) is 3.30. The Kier molecular flexibility index (Phi) is 4.58. The monoisotopic (exact) mass is 357 g/mol. The van der Waals surface area contributed by atoms with Gasteiger partial charge in [-0.15, -0.1) is 23.1 Å². The Bertz CT molecular complexity index is 803. The number of thiazole rings is 1. The van der Waals surface area contributed by atoms with Crippen LogP contribution in [0.4, 0.5) is 5.69 Å². The number of anilines is 1. The van der Waals surface area contributed by atoms with Crippen LogP contribution in [-0.2, 0) is 4.79 Å². The first kappa shape index (κ1) is 15.7. The highest BCUT2D eigenvalue weighted by Gasteiger charge is 2.16. The third kappa shape index (κ3) is 3.49. The standard InChI is InChI=1S/C18H19N3OS2/c22-17(12-24-15-3-1-2-4-15)19-14-7-5-13(6-8-14)16-11-21-9-10-23-18(21)20-16/h5-11,15H,1-4,12H2,(H,19,22). The third-order valence-electron chi connectivity index (χ3n) is 4.31. The summed E-state index contributed by atoms with van der Waals surface area (Å²) < 4.78 is 2.02. The van der Waals surface area contributed by atoms with Gasteiger partial charge in [0.2, 0.25) is 5.91 Å². The van der Waals surface area contributed by atoms with Crippen LogP contribution in [0.5, 0.6) is 0 Å². The first-order valence-corrected chi connectivity index (χ1v) is 10.1. The van der Waals surface area contributed by atoms with Crippen LogP contribution in [-0.4, -0.2) is 26.3 Å². The van der Waals surface area contributed by atoms with Crippen LogP contribution in [0, 0.1) is 0 Å². The van der Waals surface area contributed by atoms with Crippen molar-refractivity contribution in [3.05, 3.63) is 42.0 Å². The Hall–Kier alpha value is -1.79. The average molecular weight is 358 g/mol. The van der Waals surface area contributed by atoms with E-state index < -0.39 is 0 Å². The van der Waals surface area contributed by atoms with Crippen molar-refractivity contribution in [3.8, 4) is 11.3 Å². The van der Waals surface area contributed by atoms with E-state index in [0.29, 0.717) is 11.0 Å². The molecule has 0 saturated heterocycles. The van der Waals surface area contributed by atoms with E-state index in [1.54, 1.807) is 23.1 Å². The van der Waals surface area contributed by atoms with Crippen molar-refractivity contribution in [2.75, 3.05) is 11.1 Å². The Morgan fingerprint density at radius 2 is 2.08 bits per heavy atom. The summed E-state index contributed by atoms with van der Waals surface area (Å²) in [7, 11) is 0. The van der Waals surface area contributed by atoms with Crippen LogP contribution < -0.4 is 5.32 Å². The molecule has 24 heavy (non-hydrogen) atoms. The number of aromatic nitrogens is 2. The Balaban J connectivity index is 1.36. The molecule has 1 N–H and O–H groups in total. The molecule has 1 fully saturated rings. The Morgan fingerprint density at radius 3 is 2.83 bits per heavy atom. The smallest absolute Gasteiger partial charge is 0.234 e. The number of amides is 1. The van der Waals surface area contributed by atoms with E-state index in [2.05, 4.69) is 10.3 Å². The quantitative estimate of drug-likeness (QED) is 0.721. The number of imidazole rings is 1. The molecule has 2 aromatic heterocycles. The molecule has 6 heteroatoms. The van der Waals surface area contributed by atoms with Gasteiger partial charge in [0.1, 0.15) is 0 Å². The molecule has 0 radical (unpaired) electrons. The number of carbonyl (C=O) groups excluding carboxylic acids is 1. The fraction of sp³-hybridized carbons (Fsp3) is 0.333. The molecule has 2 heterocycles. The minimum Gasteiger partial charge on any atom is -0.325 e. The maximum atomic E-state index is 12.1. The first-order chi connectivity index (χ1) is 11.8. The van der Waals surface area contributed by atoms with Gasteiger partial charge in [-0.25, -0.2) is 4.98 Å². The molecule has 0 bridgehead atoms. The van der Waals surface area contributed by atoms with Gasteiger partial charge >= 0.3 is 0 Å². The molecule has 1 aliphatic rings. The van der Waals surface area contributed by atoms with Gasteiger partial charge in [0.05, 0.1) is 11.4 Å². The van der Waals surface area contributed by atoms with Crippen molar-refractivity contribution in [1.82, 2.24) is 9.38 Å². The zero-order valence-corrected chi connectivity index (χ0v) is 14.9. The summed E-state index contributed by atoms with van der Waals surface area (Å²) in [6.07, 6.45) is 9.17. The van der Waals surface area contributed by atoms with Gasteiger partial charge < -0.3 is 5.32 Å². The predicted octanol–water partition coefficient (Wildman–Crippen LogP) is 4.68. The summed E-state index contributed by atoms with van der Waals surface area (Å²) in [4.78, 5) is 17.7. The molecule has 1 aliphatic carbocycles. The van der Waals surface area contributed by atoms with E-state index in [1.807, 2.05) is 46.4 Å². The summed E-state index contributed by atoms with van der Waals surface area (Å²) in [6.45, 7) is 0. The number of hydrogen-bond donors (Lipinski definition) is 1. The number of rotatable bonds is 5. The van der Waals surface area contributed by atoms with Crippen LogP contribution in [0.3, 0.4) is 0 Å². The molecule has 124 valence electrons. The lowest BCUT2D eigenvalue weighted by molar-refractivity contribution is -0.113. The fourth-order valence-electron chi connectivity index (χ4n) is 3.04. The van der Waals surface area contributed by atoms with E-state index >= 15 is 0 Å². The fourth-order valence-corrected chi connectivity index (χ4v) is 4.86. The number of thioether (sulfide) groups is 1. The van der Waals surface area contributed by atoms with Crippen molar-refractivity contribution >= 4 is 39.7 Å². The highest BCUT2D eigenvalue weighted by molar-refractivity contribution is 8.00. The molecule has 0 unspecified atom stereocenters. The molecule has 3 aromatic rings. The predicted molar refractivity (Wildman–Crippen MR) is 102 cm³/mol. The number of nitrogens with zero attached hydrogens (tertiary/aromatic N) is 2. The van der Waals surface area contributed by atoms with Gasteiger partial charge in [0.15, 0.2) is 4.96 Å². The highest BCUT2D eigenvalue weighted by Crippen LogP contribution is 2.29. The molecular weight excluding hydrogens is 338 g/mol. The van der Waals surface area contributed by atoms with Crippen LogP contribution in [0.15, 0.2) is 42.0 Å². The van der Waals surface area contributed by atoms with E-state index in [9.17, 15) is 4.79 Å². The second-order valence-corrected chi connectivity index (χ2v) is 8.22. The van der Waals surface area contributed by atoms with Crippen molar-refractivity contribution in [2.45, 2.75) is 30.9 Å². The first-order valence-electron chi connectivity index (χ1n) is 8.22.